The molecule has 2 N–H and O–H groups in total. The van der Waals surface area contributed by atoms with E-state index in [1.165, 1.54) is 12.0 Å². The van der Waals surface area contributed by atoms with Crippen LogP contribution in [-0.4, -0.2) is 40.4 Å². The highest BCUT2D eigenvalue weighted by atomic mass is 16.2. The smallest absolute Gasteiger partial charge is 0.254 e. The summed E-state index contributed by atoms with van der Waals surface area (Å²) in [5, 5.41) is 2.95. The number of carbonyl (C=O) groups is 1. The maximum atomic E-state index is 12.2. The third-order valence-electron chi connectivity index (χ3n) is 5.17. The van der Waals surface area contributed by atoms with Crippen molar-refractivity contribution < 1.29 is 4.79 Å². The third kappa shape index (κ3) is 5.50. The number of H-pyrrole nitrogens is 1. The largest absolute Gasteiger partial charge is 0.356 e. The summed E-state index contributed by atoms with van der Waals surface area (Å²) < 4.78 is 0. The van der Waals surface area contributed by atoms with Gasteiger partial charge in [0.25, 0.3) is 5.56 Å². The maximum absolute atomic E-state index is 12.2. The first-order valence-corrected chi connectivity index (χ1v) is 9.60. The van der Waals surface area contributed by atoms with Crippen LogP contribution in [0.1, 0.15) is 35.5 Å². The summed E-state index contributed by atoms with van der Waals surface area (Å²) in [4.78, 5) is 33.5. The van der Waals surface area contributed by atoms with Crippen molar-refractivity contribution in [3.63, 3.8) is 0 Å². The molecule has 0 spiro atoms. The number of nitrogens with zero attached hydrogens (tertiary/aromatic N) is 2. The number of nitrogens with one attached hydrogen (secondary N) is 2. The van der Waals surface area contributed by atoms with Crippen LogP contribution >= 0.6 is 0 Å². The van der Waals surface area contributed by atoms with Crippen molar-refractivity contribution in [2.24, 2.45) is 5.92 Å². The summed E-state index contributed by atoms with van der Waals surface area (Å²) in [5.74, 6) is 1.07. The van der Waals surface area contributed by atoms with E-state index in [4.69, 9.17) is 0 Å². The number of hydrogen-bond acceptors (Lipinski definition) is 4. The van der Waals surface area contributed by atoms with E-state index >= 15 is 0 Å². The molecule has 27 heavy (non-hydrogen) atoms. The Labute approximate surface area is 160 Å². The Morgan fingerprint density at radius 3 is 2.81 bits per heavy atom. The van der Waals surface area contributed by atoms with Crippen LogP contribution in [0.5, 0.6) is 0 Å². The summed E-state index contributed by atoms with van der Waals surface area (Å²) in [6, 6.07) is 10.5. The summed E-state index contributed by atoms with van der Waals surface area (Å²) in [6.45, 7) is 7.33. The van der Waals surface area contributed by atoms with Gasteiger partial charge in [0.15, 0.2) is 0 Å². The number of carbonyl (C=O) groups excluding carboxylic acids is 1. The van der Waals surface area contributed by atoms with Gasteiger partial charge in [0.1, 0.15) is 5.82 Å². The number of likely N-dealkylation sites (tertiary alicyclic amines) is 1. The molecule has 0 radical (unpaired) electrons. The molecule has 1 aromatic carbocycles. The van der Waals surface area contributed by atoms with Gasteiger partial charge in [-0.2, -0.15) is 0 Å². The summed E-state index contributed by atoms with van der Waals surface area (Å²) in [6.07, 6.45) is 2.22. The van der Waals surface area contributed by atoms with Crippen LogP contribution in [0, 0.1) is 19.8 Å². The van der Waals surface area contributed by atoms with Crippen LogP contribution < -0.4 is 10.9 Å². The molecule has 1 saturated heterocycles. The van der Waals surface area contributed by atoms with Gasteiger partial charge in [0, 0.05) is 30.9 Å². The average Bonchev–Trinajstić information content (AvgIpc) is 3.06. The van der Waals surface area contributed by atoms with Crippen molar-refractivity contribution >= 4 is 5.91 Å². The maximum Gasteiger partial charge on any atom is 0.254 e. The standard InChI is InChI=1S/C21H28N4O2/c1-15-19(21(27)24-16(2)23-15)12-20(26)22-10-8-18-9-11-25(14-18)13-17-6-4-3-5-7-17/h3-7,18H,8-14H2,1-2H3,(H,22,26)(H,23,24,27)/t18-/m1/s1. The van der Waals surface area contributed by atoms with E-state index in [1.54, 1.807) is 13.8 Å². The van der Waals surface area contributed by atoms with Crippen LogP contribution in [0.25, 0.3) is 0 Å². The zero-order valence-corrected chi connectivity index (χ0v) is 16.1. The molecule has 2 aromatic rings. The fourth-order valence-electron chi connectivity index (χ4n) is 3.73. The molecule has 1 amide bonds. The molecule has 1 aromatic heterocycles. The predicted molar refractivity (Wildman–Crippen MR) is 105 cm³/mol. The van der Waals surface area contributed by atoms with Gasteiger partial charge in [-0.05, 0) is 44.7 Å². The number of aryl methyl sites for hydroxylation is 2. The first kappa shape index (κ1) is 19.3. The minimum atomic E-state index is -0.220. The number of aromatic nitrogens is 2. The Hall–Kier alpha value is -2.47. The highest BCUT2D eigenvalue weighted by Gasteiger charge is 2.22. The molecule has 6 nitrogen and oxygen atoms in total. The quantitative estimate of drug-likeness (QED) is 0.783. The first-order chi connectivity index (χ1) is 13.0. The summed E-state index contributed by atoms with van der Waals surface area (Å²) in [7, 11) is 0. The van der Waals surface area contributed by atoms with E-state index < -0.39 is 0 Å². The molecule has 1 fully saturated rings. The molecule has 0 bridgehead atoms. The van der Waals surface area contributed by atoms with Gasteiger partial charge in [-0.1, -0.05) is 30.3 Å². The third-order valence-corrected chi connectivity index (χ3v) is 5.17. The van der Waals surface area contributed by atoms with Crippen LogP contribution in [0.3, 0.4) is 0 Å². The predicted octanol–water partition coefficient (Wildman–Crippen LogP) is 1.96. The molecule has 144 valence electrons. The Morgan fingerprint density at radius 2 is 2.07 bits per heavy atom. The molecular formula is C21H28N4O2. The van der Waals surface area contributed by atoms with E-state index in [0.717, 1.165) is 26.1 Å². The zero-order chi connectivity index (χ0) is 19.2. The van der Waals surface area contributed by atoms with Gasteiger partial charge in [-0.25, -0.2) is 4.98 Å². The van der Waals surface area contributed by atoms with Crippen molar-refractivity contribution in [2.45, 2.75) is 39.7 Å². The van der Waals surface area contributed by atoms with Crippen molar-refractivity contribution in [2.75, 3.05) is 19.6 Å². The van der Waals surface area contributed by atoms with E-state index in [-0.39, 0.29) is 17.9 Å². The number of aromatic amines is 1. The highest BCUT2D eigenvalue weighted by molar-refractivity contribution is 5.78. The van der Waals surface area contributed by atoms with Gasteiger partial charge < -0.3 is 10.3 Å². The van der Waals surface area contributed by atoms with Gasteiger partial charge in [0.05, 0.1) is 6.42 Å². The fourth-order valence-corrected chi connectivity index (χ4v) is 3.73. The average molecular weight is 368 g/mol. The lowest BCUT2D eigenvalue weighted by Crippen LogP contribution is -2.31. The first-order valence-electron chi connectivity index (χ1n) is 9.60. The Bertz CT molecular complexity index is 832. The number of benzene rings is 1. The zero-order valence-electron chi connectivity index (χ0n) is 16.1. The van der Waals surface area contributed by atoms with Crippen LogP contribution in [0.15, 0.2) is 35.1 Å². The lowest BCUT2D eigenvalue weighted by atomic mass is 10.1. The SMILES string of the molecule is Cc1nc(C)c(CC(=O)NCC[C@@H]2CCN(Cc3ccccc3)C2)c(=O)[nH]1. The second-order valence-corrected chi connectivity index (χ2v) is 7.41. The molecule has 1 aliphatic heterocycles. The van der Waals surface area contributed by atoms with Gasteiger partial charge in [-0.15, -0.1) is 0 Å². The molecule has 3 rings (SSSR count). The van der Waals surface area contributed by atoms with E-state index in [2.05, 4.69) is 44.5 Å². The fraction of sp³-hybridized carbons (Fsp3) is 0.476. The van der Waals surface area contributed by atoms with Crippen molar-refractivity contribution in [3.05, 3.63) is 63.3 Å². The second kappa shape index (κ2) is 8.95. The Balaban J connectivity index is 1.40. The molecule has 0 unspecified atom stereocenters. The van der Waals surface area contributed by atoms with Gasteiger partial charge >= 0.3 is 0 Å². The summed E-state index contributed by atoms with van der Waals surface area (Å²) >= 11 is 0. The van der Waals surface area contributed by atoms with E-state index in [9.17, 15) is 9.59 Å². The van der Waals surface area contributed by atoms with Gasteiger partial charge in [-0.3, -0.25) is 14.5 Å². The molecule has 0 saturated carbocycles. The minimum Gasteiger partial charge on any atom is -0.356 e. The monoisotopic (exact) mass is 368 g/mol. The lowest BCUT2D eigenvalue weighted by Gasteiger charge is -2.16. The van der Waals surface area contributed by atoms with Crippen LogP contribution in [0.4, 0.5) is 0 Å². The normalized spacial score (nSPS) is 17.2. The van der Waals surface area contributed by atoms with E-state index in [1.807, 2.05) is 6.07 Å². The van der Waals surface area contributed by atoms with E-state index in [0.29, 0.717) is 29.5 Å². The Kier molecular flexibility index (Phi) is 6.40. The number of hydrogen-bond donors (Lipinski definition) is 2. The number of rotatable bonds is 7. The summed E-state index contributed by atoms with van der Waals surface area (Å²) in [5.41, 5.74) is 2.20. The molecule has 1 aliphatic rings. The molecule has 2 heterocycles. The lowest BCUT2D eigenvalue weighted by molar-refractivity contribution is -0.120. The molecule has 0 aliphatic carbocycles. The van der Waals surface area contributed by atoms with Crippen LogP contribution in [0.2, 0.25) is 0 Å². The molecule has 1 atom stereocenters. The van der Waals surface area contributed by atoms with Crippen molar-refractivity contribution in [3.8, 4) is 0 Å². The van der Waals surface area contributed by atoms with Crippen molar-refractivity contribution in [1.29, 1.82) is 0 Å². The topological polar surface area (TPSA) is 78.1 Å². The second-order valence-electron chi connectivity index (χ2n) is 7.41. The molecular weight excluding hydrogens is 340 g/mol. The van der Waals surface area contributed by atoms with Crippen molar-refractivity contribution in [1.82, 2.24) is 20.2 Å². The molecule has 6 heteroatoms. The Morgan fingerprint density at radius 1 is 1.30 bits per heavy atom. The van der Waals surface area contributed by atoms with Crippen LogP contribution in [-0.2, 0) is 17.8 Å². The minimum absolute atomic E-state index is 0.0826. The number of amides is 1. The van der Waals surface area contributed by atoms with Gasteiger partial charge in [0.2, 0.25) is 5.91 Å². The highest BCUT2D eigenvalue weighted by Crippen LogP contribution is 2.21.